The Hall–Kier alpha value is 0.450. The lowest BCUT2D eigenvalue weighted by molar-refractivity contribution is 0.0285. The third kappa shape index (κ3) is 3.27. The molecule has 3 nitrogen and oxygen atoms in total. The molecule has 0 bridgehead atoms. The van der Waals surface area contributed by atoms with Crippen molar-refractivity contribution < 1.29 is 22.4 Å². The highest BCUT2D eigenvalue weighted by Crippen LogP contribution is 2.72. The zero-order chi connectivity index (χ0) is 15.4. The molecular formula is C12H21F2O3PS2. The molecule has 0 saturated carbocycles. The van der Waals surface area contributed by atoms with Crippen LogP contribution in [-0.2, 0) is 13.6 Å². The van der Waals surface area contributed by atoms with Crippen molar-refractivity contribution >= 4 is 31.1 Å². The van der Waals surface area contributed by atoms with Crippen LogP contribution in [0.5, 0.6) is 0 Å². The topological polar surface area (TPSA) is 35.5 Å². The van der Waals surface area contributed by atoms with Gasteiger partial charge in [0.15, 0.2) is 0 Å². The van der Waals surface area contributed by atoms with Crippen molar-refractivity contribution in [3.05, 3.63) is 11.6 Å². The van der Waals surface area contributed by atoms with Crippen molar-refractivity contribution in [2.24, 2.45) is 0 Å². The first-order valence-electron chi connectivity index (χ1n) is 6.40. The van der Waals surface area contributed by atoms with E-state index in [9.17, 15) is 13.3 Å². The van der Waals surface area contributed by atoms with Gasteiger partial charge in [-0.1, -0.05) is 11.6 Å². The fourth-order valence-electron chi connectivity index (χ4n) is 2.00. The molecular weight excluding hydrogens is 325 g/mol. The Kier molecular flexibility index (Phi) is 6.60. The summed E-state index contributed by atoms with van der Waals surface area (Å²) in [5, 5.41) is 0. The summed E-state index contributed by atoms with van der Waals surface area (Å²) < 4.78 is 50.8. The Bertz CT molecular complexity index is 408. The summed E-state index contributed by atoms with van der Waals surface area (Å²) in [6.07, 6.45) is 3.69. The van der Waals surface area contributed by atoms with Gasteiger partial charge in [0.05, 0.1) is 13.2 Å². The summed E-state index contributed by atoms with van der Waals surface area (Å²) in [7, 11) is -4.50. The third-order valence-corrected chi connectivity index (χ3v) is 8.67. The summed E-state index contributed by atoms with van der Waals surface area (Å²) in [6, 6.07) is 0. The summed E-state index contributed by atoms with van der Waals surface area (Å²) in [4.78, 5) is 0. The number of halogens is 2. The third-order valence-electron chi connectivity index (χ3n) is 2.99. The Labute approximate surface area is 127 Å². The number of rotatable bonds is 7. The molecule has 0 radical (unpaired) electrons. The minimum atomic E-state index is -4.50. The van der Waals surface area contributed by atoms with Crippen LogP contribution in [0.25, 0.3) is 0 Å². The van der Waals surface area contributed by atoms with E-state index in [1.807, 2.05) is 13.0 Å². The molecule has 1 aliphatic rings. The first-order valence-corrected chi connectivity index (χ1v) is 10.2. The first kappa shape index (κ1) is 18.5. The molecule has 0 aromatic rings. The Morgan fingerprint density at radius 3 is 2.40 bits per heavy atom. The maximum absolute atomic E-state index is 15.0. The number of hydrogen-bond acceptors (Lipinski definition) is 5. The largest absolute Gasteiger partial charge is 0.402 e. The molecule has 1 heterocycles. The van der Waals surface area contributed by atoms with E-state index in [4.69, 9.17) is 9.05 Å². The van der Waals surface area contributed by atoms with Crippen molar-refractivity contribution in [1.82, 2.24) is 0 Å². The molecule has 0 fully saturated rings. The van der Waals surface area contributed by atoms with Crippen LogP contribution in [0.4, 0.5) is 8.78 Å². The van der Waals surface area contributed by atoms with Gasteiger partial charge in [-0.2, -0.15) is 8.78 Å². The number of thioether (sulfide) groups is 2. The molecule has 0 aliphatic carbocycles. The van der Waals surface area contributed by atoms with Crippen LogP contribution in [0.15, 0.2) is 11.6 Å². The molecule has 0 aromatic heterocycles. The maximum Gasteiger partial charge on any atom is 0.402 e. The van der Waals surface area contributed by atoms with E-state index in [0.717, 1.165) is 29.1 Å². The van der Waals surface area contributed by atoms with Crippen LogP contribution >= 0.6 is 31.1 Å². The van der Waals surface area contributed by atoms with E-state index in [0.29, 0.717) is 5.75 Å². The molecule has 20 heavy (non-hydrogen) atoms. The predicted molar refractivity (Wildman–Crippen MR) is 82.9 cm³/mol. The predicted octanol–water partition coefficient (Wildman–Crippen LogP) is 4.99. The SMILES string of the molecule is CCOP(=O)(OCC)C(F)(F)C1(SC)CC(C)=CCS1. The lowest BCUT2D eigenvalue weighted by atomic mass is 10.1. The summed E-state index contributed by atoms with van der Waals surface area (Å²) in [5.41, 5.74) is -2.68. The normalized spacial score (nSPS) is 24.6. The average molecular weight is 346 g/mol. The van der Waals surface area contributed by atoms with E-state index in [-0.39, 0.29) is 19.6 Å². The lowest BCUT2D eigenvalue weighted by Crippen LogP contribution is -2.44. The van der Waals surface area contributed by atoms with Crippen LogP contribution in [0, 0.1) is 0 Å². The Balaban J connectivity index is 3.22. The van der Waals surface area contributed by atoms with Crippen LogP contribution in [-0.4, -0.2) is 35.0 Å². The number of hydrogen-bond donors (Lipinski definition) is 0. The van der Waals surface area contributed by atoms with Gasteiger partial charge < -0.3 is 9.05 Å². The Morgan fingerprint density at radius 2 is 2.00 bits per heavy atom. The van der Waals surface area contributed by atoms with Crippen molar-refractivity contribution in [2.75, 3.05) is 25.2 Å². The highest BCUT2D eigenvalue weighted by Gasteiger charge is 2.67. The highest BCUT2D eigenvalue weighted by atomic mass is 32.2. The summed E-state index contributed by atoms with van der Waals surface area (Å²) in [5.74, 6) is 0.473. The second-order valence-electron chi connectivity index (χ2n) is 4.37. The van der Waals surface area contributed by atoms with Gasteiger partial charge in [-0.3, -0.25) is 4.57 Å². The van der Waals surface area contributed by atoms with Gasteiger partial charge in [0, 0.05) is 5.75 Å². The van der Waals surface area contributed by atoms with E-state index >= 15 is 0 Å². The molecule has 0 spiro atoms. The van der Waals surface area contributed by atoms with Gasteiger partial charge in [-0.05, 0) is 33.4 Å². The van der Waals surface area contributed by atoms with E-state index in [1.165, 1.54) is 13.8 Å². The molecule has 0 N–H and O–H groups in total. The second kappa shape index (κ2) is 7.14. The van der Waals surface area contributed by atoms with Crippen LogP contribution < -0.4 is 0 Å². The summed E-state index contributed by atoms with van der Waals surface area (Å²) >= 11 is 2.13. The van der Waals surface area contributed by atoms with Crippen molar-refractivity contribution in [3.63, 3.8) is 0 Å². The monoisotopic (exact) mass is 346 g/mol. The van der Waals surface area contributed by atoms with Gasteiger partial charge in [-0.15, -0.1) is 23.5 Å². The quantitative estimate of drug-likeness (QED) is 0.479. The molecule has 1 aliphatic heterocycles. The lowest BCUT2D eigenvalue weighted by Gasteiger charge is -2.42. The Morgan fingerprint density at radius 1 is 1.45 bits per heavy atom. The van der Waals surface area contributed by atoms with Crippen LogP contribution in [0.2, 0.25) is 0 Å². The van der Waals surface area contributed by atoms with Gasteiger partial charge >= 0.3 is 13.3 Å². The summed E-state index contributed by atoms with van der Waals surface area (Å²) in [6.45, 7) is 4.74. The molecule has 1 atom stereocenters. The van der Waals surface area contributed by atoms with Gasteiger partial charge in [0.25, 0.3) is 0 Å². The first-order chi connectivity index (χ1) is 9.28. The van der Waals surface area contributed by atoms with Gasteiger partial charge in [-0.25, -0.2) is 0 Å². The molecule has 1 unspecified atom stereocenters. The maximum atomic E-state index is 15.0. The van der Waals surface area contributed by atoms with Gasteiger partial charge in [0.2, 0.25) is 0 Å². The van der Waals surface area contributed by atoms with Crippen molar-refractivity contribution in [3.8, 4) is 0 Å². The van der Waals surface area contributed by atoms with E-state index < -0.39 is 17.3 Å². The van der Waals surface area contributed by atoms with Crippen molar-refractivity contribution in [1.29, 1.82) is 0 Å². The molecule has 0 aromatic carbocycles. The second-order valence-corrected chi connectivity index (χ2v) is 9.13. The van der Waals surface area contributed by atoms with E-state index in [1.54, 1.807) is 6.26 Å². The minimum absolute atomic E-state index is 0.0726. The smallest absolute Gasteiger partial charge is 0.305 e. The highest BCUT2D eigenvalue weighted by molar-refractivity contribution is 8.18. The number of allylic oxidation sites excluding steroid dienone is 1. The average Bonchev–Trinajstić information content (AvgIpc) is 2.38. The fraction of sp³-hybridized carbons (Fsp3) is 0.833. The standard InChI is InChI=1S/C12H21F2O3PS2/c1-5-16-18(15,17-6-2)12(13,14)11(19-4)9-10(3)7-8-20-11/h7H,5-6,8-9H2,1-4H3. The van der Waals surface area contributed by atoms with Crippen LogP contribution in [0.3, 0.4) is 0 Å². The van der Waals surface area contributed by atoms with Gasteiger partial charge in [0.1, 0.15) is 4.08 Å². The minimum Gasteiger partial charge on any atom is -0.305 e. The van der Waals surface area contributed by atoms with Crippen molar-refractivity contribution in [2.45, 2.75) is 36.9 Å². The molecule has 1 rings (SSSR count). The van der Waals surface area contributed by atoms with Crippen LogP contribution in [0.1, 0.15) is 27.2 Å². The molecule has 0 saturated heterocycles. The van der Waals surface area contributed by atoms with E-state index in [2.05, 4.69) is 0 Å². The molecule has 0 amide bonds. The molecule has 118 valence electrons. The zero-order valence-corrected chi connectivity index (χ0v) is 14.7. The number of alkyl halides is 2. The fourth-order valence-corrected chi connectivity index (χ4v) is 7.15. The molecule has 8 heteroatoms. The zero-order valence-electron chi connectivity index (χ0n) is 12.2.